The van der Waals surface area contributed by atoms with Crippen LogP contribution in [-0.4, -0.2) is 20.4 Å². The first-order valence-electron chi connectivity index (χ1n) is 9.60. The van der Waals surface area contributed by atoms with E-state index in [2.05, 4.69) is 15.6 Å². The zero-order valence-electron chi connectivity index (χ0n) is 14.9. The van der Waals surface area contributed by atoms with Crippen LogP contribution < -0.4 is 4.90 Å². The number of imidazole rings is 1. The zero-order valence-corrected chi connectivity index (χ0v) is 15.6. The first-order valence-corrected chi connectivity index (χ1v) is 9.98. The van der Waals surface area contributed by atoms with Gasteiger partial charge in [-0.15, -0.1) is 0 Å². The van der Waals surface area contributed by atoms with E-state index in [0.717, 1.165) is 53.8 Å². The smallest absolute Gasteiger partial charge is 0.238 e. The van der Waals surface area contributed by atoms with Gasteiger partial charge in [0, 0.05) is 17.3 Å². The number of halogens is 1. The number of hydrogen-bond acceptors (Lipinski definition) is 3. The molecule has 1 spiro atoms. The Bertz CT molecular complexity index is 1100. The van der Waals surface area contributed by atoms with E-state index in [-0.39, 0.29) is 11.3 Å². The third kappa shape index (κ3) is 2.09. The summed E-state index contributed by atoms with van der Waals surface area (Å²) in [5.41, 5.74) is 3.80. The fourth-order valence-corrected chi connectivity index (χ4v) is 4.85. The molecule has 2 saturated carbocycles. The molecule has 136 valence electrons. The molecule has 0 unspecified atom stereocenters. The van der Waals surface area contributed by atoms with Gasteiger partial charge in [-0.05, 0) is 61.9 Å². The fraction of sp³-hybridized carbons (Fsp3) is 0.381. The number of carbonyl (C=O) groups excluding carboxylic acids is 1. The molecule has 6 heteroatoms. The first-order chi connectivity index (χ1) is 13.2. The van der Waals surface area contributed by atoms with Crippen LogP contribution in [-0.2, 0) is 16.8 Å². The van der Waals surface area contributed by atoms with Gasteiger partial charge < -0.3 is 9.47 Å². The molecule has 0 radical (unpaired) electrons. The van der Waals surface area contributed by atoms with E-state index in [1.807, 2.05) is 29.3 Å². The van der Waals surface area contributed by atoms with Crippen LogP contribution in [0.25, 0.3) is 11.0 Å². The van der Waals surface area contributed by atoms with E-state index in [0.29, 0.717) is 17.6 Å². The molecule has 3 aliphatic rings. The van der Waals surface area contributed by atoms with Crippen molar-refractivity contribution in [3.8, 4) is 0 Å². The SMILES string of the molecule is O=C1N(Cc2nc3cc(Cl)ccc3n2C2CCC2)c2cnccc2C12CC2. The molecule has 27 heavy (non-hydrogen) atoms. The summed E-state index contributed by atoms with van der Waals surface area (Å²) in [4.78, 5) is 24.3. The number of nitrogens with zero attached hydrogens (tertiary/aromatic N) is 4. The van der Waals surface area contributed by atoms with Crippen molar-refractivity contribution in [2.45, 2.75) is 50.1 Å². The number of carbonyl (C=O) groups is 1. The largest absolute Gasteiger partial charge is 0.323 e. The third-order valence-electron chi connectivity index (χ3n) is 6.47. The van der Waals surface area contributed by atoms with E-state index >= 15 is 0 Å². The van der Waals surface area contributed by atoms with Crippen LogP contribution in [0.15, 0.2) is 36.7 Å². The second kappa shape index (κ2) is 5.32. The number of fused-ring (bicyclic) bond motifs is 3. The minimum atomic E-state index is -0.297. The van der Waals surface area contributed by atoms with E-state index in [1.165, 1.54) is 6.42 Å². The second-order valence-corrected chi connectivity index (χ2v) is 8.42. The molecule has 2 aliphatic carbocycles. The summed E-state index contributed by atoms with van der Waals surface area (Å²) < 4.78 is 2.33. The molecule has 6 rings (SSSR count). The van der Waals surface area contributed by atoms with Crippen LogP contribution in [0.5, 0.6) is 0 Å². The average molecular weight is 379 g/mol. The Kier molecular flexibility index (Phi) is 3.08. The van der Waals surface area contributed by atoms with E-state index in [4.69, 9.17) is 16.6 Å². The molecule has 5 nitrogen and oxygen atoms in total. The summed E-state index contributed by atoms with van der Waals surface area (Å²) in [6, 6.07) is 8.36. The molecule has 3 aromatic rings. The van der Waals surface area contributed by atoms with E-state index < -0.39 is 0 Å². The van der Waals surface area contributed by atoms with Gasteiger partial charge >= 0.3 is 0 Å². The van der Waals surface area contributed by atoms with Gasteiger partial charge in [0.15, 0.2) is 0 Å². The number of pyridine rings is 1. The Morgan fingerprint density at radius 3 is 2.81 bits per heavy atom. The number of amides is 1. The number of benzene rings is 1. The molecule has 0 atom stereocenters. The first kappa shape index (κ1) is 15.6. The molecule has 1 aliphatic heterocycles. The molecule has 3 heterocycles. The number of hydrogen-bond donors (Lipinski definition) is 0. The number of aromatic nitrogens is 3. The van der Waals surface area contributed by atoms with Crippen molar-refractivity contribution >= 4 is 34.2 Å². The molecule has 0 N–H and O–H groups in total. The van der Waals surface area contributed by atoms with Crippen LogP contribution >= 0.6 is 11.6 Å². The monoisotopic (exact) mass is 378 g/mol. The fourth-order valence-electron chi connectivity index (χ4n) is 4.68. The molecule has 2 fully saturated rings. The summed E-state index contributed by atoms with van der Waals surface area (Å²) in [6.45, 7) is 0.488. The summed E-state index contributed by atoms with van der Waals surface area (Å²) in [5.74, 6) is 1.15. The van der Waals surface area contributed by atoms with Crippen molar-refractivity contribution in [3.63, 3.8) is 0 Å². The van der Waals surface area contributed by atoms with Crippen molar-refractivity contribution in [1.82, 2.24) is 14.5 Å². The minimum Gasteiger partial charge on any atom is -0.323 e. The Hall–Kier alpha value is -2.40. The Balaban J connectivity index is 1.47. The summed E-state index contributed by atoms with van der Waals surface area (Å²) in [6.07, 6.45) is 9.07. The van der Waals surface area contributed by atoms with Crippen LogP contribution in [0.4, 0.5) is 5.69 Å². The molecule has 1 amide bonds. The van der Waals surface area contributed by atoms with Crippen molar-refractivity contribution in [1.29, 1.82) is 0 Å². The topological polar surface area (TPSA) is 51.0 Å². The van der Waals surface area contributed by atoms with Gasteiger partial charge in [0.1, 0.15) is 5.82 Å². The molecular formula is C21H19ClN4O. The number of rotatable bonds is 3. The molecule has 2 aromatic heterocycles. The van der Waals surface area contributed by atoms with Gasteiger partial charge in [-0.25, -0.2) is 4.98 Å². The quantitative estimate of drug-likeness (QED) is 0.679. The molecule has 1 aromatic carbocycles. The lowest BCUT2D eigenvalue weighted by Gasteiger charge is -2.30. The Morgan fingerprint density at radius 1 is 1.22 bits per heavy atom. The van der Waals surface area contributed by atoms with Crippen LogP contribution in [0.3, 0.4) is 0 Å². The standard InChI is InChI=1S/C21H19ClN4O/c22-13-4-5-17-16(10-13)24-19(26(17)14-2-1-3-14)12-25-18-11-23-9-6-15(18)21(7-8-21)20(25)27/h4-6,9-11,14H,1-3,7-8,12H2. The highest BCUT2D eigenvalue weighted by Gasteiger charge is 2.59. The van der Waals surface area contributed by atoms with Crippen LogP contribution in [0, 0.1) is 0 Å². The van der Waals surface area contributed by atoms with E-state index in [1.54, 1.807) is 6.20 Å². The summed E-state index contributed by atoms with van der Waals surface area (Å²) in [5, 5.41) is 0.691. The normalized spacial score (nSPS) is 20.3. The van der Waals surface area contributed by atoms with Gasteiger partial charge in [-0.3, -0.25) is 9.78 Å². The lowest BCUT2D eigenvalue weighted by molar-refractivity contribution is -0.120. The highest BCUT2D eigenvalue weighted by Crippen LogP contribution is 2.57. The maximum absolute atomic E-state index is 13.2. The highest BCUT2D eigenvalue weighted by molar-refractivity contribution is 6.31. The maximum Gasteiger partial charge on any atom is 0.238 e. The Labute approximate surface area is 162 Å². The maximum atomic E-state index is 13.2. The molecular weight excluding hydrogens is 360 g/mol. The van der Waals surface area contributed by atoms with Crippen molar-refractivity contribution in [2.75, 3.05) is 4.90 Å². The van der Waals surface area contributed by atoms with Crippen LogP contribution in [0.2, 0.25) is 5.02 Å². The predicted molar refractivity (Wildman–Crippen MR) is 104 cm³/mol. The Morgan fingerprint density at radius 2 is 2.07 bits per heavy atom. The lowest BCUT2D eigenvalue weighted by Crippen LogP contribution is -2.33. The van der Waals surface area contributed by atoms with Gasteiger partial charge in [0.05, 0.1) is 34.9 Å². The van der Waals surface area contributed by atoms with Gasteiger partial charge in [0.2, 0.25) is 5.91 Å². The zero-order chi connectivity index (χ0) is 18.2. The predicted octanol–water partition coefficient (Wildman–Crippen LogP) is 4.39. The summed E-state index contributed by atoms with van der Waals surface area (Å²) in [7, 11) is 0. The van der Waals surface area contributed by atoms with E-state index in [9.17, 15) is 4.79 Å². The number of anilines is 1. The molecule has 0 saturated heterocycles. The second-order valence-electron chi connectivity index (χ2n) is 7.98. The van der Waals surface area contributed by atoms with Crippen molar-refractivity contribution < 1.29 is 4.79 Å². The average Bonchev–Trinajstić information content (AvgIpc) is 3.32. The highest BCUT2D eigenvalue weighted by atomic mass is 35.5. The van der Waals surface area contributed by atoms with Gasteiger partial charge in [-0.1, -0.05) is 11.6 Å². The van der Waals surface area contributed by atoms with Gasteiger partial charge in [-0.2, -0.15) is 0 Å². The third-order valence-corrected chi connectivity index (χ3v) is 6.71. The van der Waals surface area contributed by atoms with Gasteiger partial charge in [0.25, 0.3) is 0 Å². The lowest BCUT2D eigenvalue weighted by atomic mass is 9.92. The minimum absolute atomic E-state index is 0.204. The summed E-state index contributed by atoms with van der Waals surface area (Å²) >= 11 is 6.19. The van der Waals surface area contributed by atoms with Crippen molar-refractivity contribution in [3.05, 3.63) is 53.1 Å². The van der Waals surface area contributed by atoms with Crippen molar-refractivity contribution in [2.24, 2.45) is 0 Å². The molecule has 0 bridgehead atoms. The van der Waals surface area contributed by atoms with Crippen LogP contribution in [0.1, 0.15) is 49.5 Å².